The van der Waals surface area contributed by atoms with Crippen LogP contribution in [0.5, 0.6) is 0 Å². The fourth-order valence-corrected chi connectivity index (χ4v) is 5.55. The molecule has 2 aromatic rings. The Labute approximate surface area is 231 Å². The fraction of sp³-hybridized carbons (Fsp3) is 0.633. The third kappa shape index (κ3) is 6.93. The molecule has 2 amide bonds. The van der Waals surface area contributed by atoms with E-state index in [-0.39, 0.29) is 30.4 Å². The highest BCUT2D eigenvalue weighted by Crippen LogP contribution is 2.35. The van der Waals surface area contributed by atoms with Crippen LogP contribution in [0.4, 0.5) is 9.59 Å². The summed E-state index contributed by atoms with van der Waals surface area (Å²) in [4.78, 5) is 42.6. The first kappa shape index (κ1) is 28.9. The number of benzene rings is 1. The van der Waals surface area contributed by atoms with Gasteiger partial charge in [-0.1, -0.05) is 18.2 Å². The van der Waals surface area contributed by atoms with Crippen molar-refractivity contribution in [3.05, 3.63) is 36.0 Å². The number of nitrogens with zero attached hydrogens (tertiary/aromatic N) is 3. The second-order valence-electron chi connectivity index (χ2n) is 12.7. The van der Waals surface area contributed by atoms with Crippen LogP contribution in [-0.2, 0) is 19.0 Å². The molecule has 9 nitrogen and oxygen atoms in total. The molecule has 2 saturated heterocycles. The molecule has 39 heavy (non-hydrogen) atoms. The number of carbonyl (C=O) groups is 3. The highest BCUT2D eigenvalue weighted by atomic mass is 16.6. The summed E-state index contributed by atoms with van der Waals surface area (Å²) < 4.78 is 18.3. The summed E-state index contributed by atoms with van der Waals surface area (Å²) in [5.74, 6) is 0.269. The van der Waals surface area contributed by atoms with Crippen molar-refractivity contribution in [3.63, 3.8) is 0 Å². The van der Waals surface area contributed by atoms with Crippen LogP contribution in [0.3, 0.4) is 0 Å². The zero-order valence-corrected chi connectivity index (χ0v) is 24.4. The number of amides is 2. The van der Waals surface area contributed by atoms with E-state index in [0.717, 1.165) is 29.3 Å². The standard InChI is InChI=1S/C30H43N3O6/c1-29(2,3)38-27(35)32-18-22(37-7)16-21(32)17-26(34)31-14-12-20(13-15-31)24-19-33(28(36)39-30(4,5)6)25-11-9-8-10-23(24)25/h8-11,19-22H,12-18H2,1-7H3. The number of rotatable bonds is 4. The summed E-state index contributed by atoms with van der Waals surface area (Å²) in [5.41, 5.74) is 0.746. The summed E-state index contributed by atoms with van der Waals surface area (Å²) in [6.07, 6.45) is 3.47. The molecule has 0 bridgehead atoms. The topological polar surface area (TPSA) is 90.3 Å². The van der Waals surface area contributed by atoms with Gasteiger partial charge in [0.15, 0.2) is 0 Å². The van der Waals surface area contributed by atoms with Crippen molar-refractivity contribution in [1.29, 1.82) is 0 Å². The molecule has 2 fully saturated rings. The number of hydrogen-bond acceptors (Lipinski definition) is 6. The first-order valence-electron chi connectivity index (χ1n) is 13.9. The quantitative estimate of drug-likeness (QED) is 0.505. The highest BCUT2D eigenvalue weighted by molar-refractivity contribution is 5.92. The molecule has 214 valence electrons. The number of piperidine rings is 1. The Hall–Kier alpha value is -3.07. The van der Waals surface area contributed by atoms with Gasteiger partial charge in [0.1, 0.15) is 11.2 Å². The van der Waals surface area contributed by atoms with Crippen LogP contribution in [0.15, 0.2) is 30.5 Å². The van der Waals surface area contributed by atoms with E-state index in [2.05, 4.69) is 0 Å². The van der Waals surface area contributed by atoms with Crippen molar-refractivity contribution in [3.8, 4) is 0 Å². The summed E-state index contributed by atoms with van der Waals surface area (Å²) >= 11 is 0. The van der Waals surface area contributed by atoms with Gasteiger partial charge in [0.2, 0.25) is 5.91 Å². The average Bonchev–Trinajstić information content (AvgIpc) is 3.44. The smallest absolute Gasteiger partial charge is 0.419 e. The lowest BCUT2D eigenvalue weighted by atomic mass is 9.89. The van der Waals surface area contributed by atoms with E-state index < -0.39 is 23.4 Å². The maximum Gasteiger partial charge on any atom is 0.419 e. The number of fused-ring (bicyclic) bond motifs is 1. The van der Waals surface area contributed by atoms with Crippen molar-refractivity contribution in [2.45, 2.75) is 96.5 Å². The van der Waals surface area contributed by atoms with Gasteiger partial charge in [-0.2, -0.15) is 0 Å². The van der Waals surface area contributed by atoms with E-state index in [9.17, 15) is 14.4 Å². The zero-order chi connectivity index (χ0) is 28.5. The van der Waals surface area contributed by atoms with Crippen LogP contribution < -0.4 is 0 Å². The van der Waals surface area contributed by atoms with E-state index >= 15 is 0 Å². The van der Waals surface area contributed by atoms with E-state index in [1.165, 1.54) is 0 Å². The lowest BCUT2D eigenvalue weighted by molar-refractivity contribution is -0.133. The Bertz CT molecular complexity index is 1200. The van der Waals surface area contributed by atoms with Crippen molar-refractivity contribution in [2.75, 3.05) is 26.7 Å². The Morgan fingerprint density at radius 2 is 1.54 bits per heavy atom. The normalized spacial score (nSPS) is 20.9. The van der Waals surface area contributed by atoms with Gasteiger partial charge in [0, 0.05) is 44.2 Å². The highest BCUT2D eigenvalue weighted by Gasteiger charge is 2.40. The van der Waals surface area contributed by atoms with Crippen LogP contribution in [-0.4, -0.2) is 82.6 Å². The van der Waals surface area contributed by atoms with Gasteiger partial charge < -0.3 is 24.0 Å². The fourth-order valence-electron chi connectivity index (χ4n) is 5.55. The summed E-state index contributed by atoms with van der Waals surface area (Å²) in [7, 11) is 1.63. The van der Waals surface area contributed by atoms with Gasteiger partial charge in [-0.15, -0.1) is 0 Å². The molecular formula is C30H43N3O6. The SMILES string of the molecule is COC1CC(CC(=O)N2CCC(c3cn(C(=O)OC(C)(C)C)c4ccccc34)CC2)N(C(=O)OC(C)(C)C)C1. The third-order valence-electron chi connectivity index (χ3n) is 7.37. The number of likely N-dealkylation sites (tertiary alicyclic amines) is 2. The number of ether oxygens (including phenoxy) is 3. The van der Waals surface area contributed by atoms with Crippen molar-refractivity contribution in [2.24, 2.45) is 0 Å². The van der Waals surface area contributed by atoms with Crippen LogP contribution in [0.2, 0.25) is 0 Å². The van der Waals surface area contributed by atoms with Crippen LogP contribution in [0.25, 0.3) is 10.9 Å². The molecule has 9 heteroatoms. The molecule has 2 atom stereocenters. The number of methoxy groups -OCH3 is 1. The molecule has 4 rings (SSSR count). The molecule has 0 radical (unpaired) electrons. The van der Waals surface area contributed by atoms with Crippen molar-refractivity contribution in [1.82, 2.24) is 14.4 Å². The molecular weight excluding hydrogens is 498 g/mol. The minimum atomic E-state index is -0.606. The second-order valence-corrected chi connectivity index (χ2v) is 12.7. The number of hydrogen-bond donors (Lipinski definition) is 0. The number of carbonyl (C=O) groups excluding carboxylic acids is 3. The maximum atomic E-state index is 13.3. The number of aromatic nitrogens is 1. The third-order valence-corrected chi connectivity index (χ3v) is 7.37. The van der Waals surface area contributed by atoms with Gasteiger partial charge in [0.05, 0.1) is 18.2 Å². The van der Waals surface area contributed by atoms with Crippen LogP contribution in [0, 0.1) is 0 Å². The Balaban J connectivity index is 1.42. The Morgan fingerprint density at radius 3 is 2.15 bits per heavy atom. The van der Waals surface area contributed by atoms with Crippen LogP contribution in [0.1, 0.15) is 78.7 Å². The average molecular weight is 542 g/mol. The molecule has 2 aliphatic rings. The van der Waals surface area contributed by atoms with Gasteiger partial charge in [0.25, 0.3) is 0 Å². The summed E-state index contributed by atoms with van der Waals surface area (Å²) in [5, 5.41) is 1.04. The second kappa shape index (κ2) is 11.2. The van der Waals surface area contributed by atoms with E-state index in [1.54, 1.807) is 16.6 Å². The molecule has 0 N–H and O–H groups in total. The molecule has 1 aromatic heterocycles. The van der Waals surface area contributed by atoms with Gasteiger partial charge in [-0.3, -0.25) is 9.36 Å². The molecule has 0 saturated carbocycles. The molecule has 2 unspecified atom stereocenters. The minimum Gasteiger partial charge on any atom is -0.444 e. The van der Waals surface area contributed by atoms with Gasteiger partial charge in [-0.05, 0) is 78.4 Å². The predicted molar refractivity (Wildman–Crippen MR) is 149 cm³/mol. The molecule has 3 heterocycles. The molecule has 1 aromatic carbocycles. The van der Waals surface area contributed by atoms with Crippen molar-refractivity contribution >= 4 is 29.0 Å². The van der Waals surface area contributed by atoms with Crippen LogP contribution >= 0.6 is 0 Å². The van der Waals surface area contributed by atoms with Gasteiger partial charge >= 0.3 is 12.2 Å². The Kier molecular flexibility index (Phi) is 8.30. The van der Waals surface area contributed by atoms with E-state index in [4.69, 9.17) is 14.2 Å². The number of para-hydroxylation sites is 1. The maximum absolute atomic E-state index is 13.3. The minimum absolute atomic E-state index is 0.0416. The monoisotopic (exact) mass is 541 g/mol. The zero-order valence-electron chi connectivity index (χ0n) is 24.4. The molecule has 2 aliphatic heterocycles. The summed E-state index contributed by atoms with van der Waals surface area (Å²) in [6.45, 7) is 12.8. The van der Waals surface area contributed by atoms with Gasteiger partial charge in [-0.25, -0.2) is 9.59 Å². The first-order chi connectivity index (χ1) is 18.3. The van der Waals surface area contributed by atoms with Crippen molar-refractivity contribution < 1.29 is 28.6 Å². The lowest BCUT2D eigenvalue weighted by Crippen LogP contribution is -2.44. The lowest BCUT2D eigenvalue weighted by Gasteiger charge is -2.34. The molecule has 0 aliphatic carbocycles. The van der Waals surface area contributed by atoms with E-state index in [1.807, 2.05) is 76.9 Å². The largest absolute Gasteiger partial charge is 0.444 e. The molecule has 0 spiro atoms. The van der Waals surface area contributed by atoms with E-state index in [0.29, 0.717) is 26.1 Å². The predicted octanol–water partition coefficient (Wildman–Crippen LogP) is 5.55. The Morgan fingerprint density at radius 1 is 0.923 bits per heavy atom. The first-order valence-corrected chi connectivity index (χ1v) is 13.9. The summed E-state index contributed by atoms with van der Waals surface area (Å²) in [6, 6.07) is 7.64.